The van der Waals surface area contributed by atoms with Gasteiger partial charge >= 0.3 is 0 Å². The third kappa shape index (κ3) is 3.97. The van der Waals surface area contributed by atoms with E-state index in [1.54, 1.807) is 6.92 Å². The van der Waals surface area contributed by atoms with Crippen LogP contribution in [0.1, 0.15) is 51.9 Å². The molecule has 2 fully saturated rings. The summed E-state index contributed by atoms with van der Waals surface area (Å²) in [5, 5.41) is 2.90. The van der Waals surface area contributed by atoms with Crippen LogP contribution in [0.4, 0.5) is 0 Å². The zero-order valence-electron chi connectivity index (χ0n) is 13.1. The quantitative estimate of drug-likeness (QED) is 0.803. The van der Waals surface area contributed by atoms with Crippen molar-refractivity contribution in [3.8, 4) is 0 Å². The predicted octanol–water partition coefficient (Wildman–Crippen LogP) is 1.34. The Labute approximate surface area is 128 Å². The Kier molecular flexibility index (Phi) is 5.66. The average molecular weight is 316 g/mol. The van der Waals surface area contributed by atoms with Crippen molar-refractivity contribution in [2.75, 3.05) is 31.1 Å². The van der Waals surface area contributed by atoms with Gasteiger partial charge in [0.25, 0.3) is 0 Å². The Hall–Kier alpha value is -0.620. The van der Waals surface area contributed by atoms with Crippen molar-refractivity contribution in [3.63, 3.8) is 0 Å². The number of nitrogens with zero attached hydrogens (tertiary/aromatic N) is 1. The highest BCUT2D eigenvalue weighted by molar-refractivity contribution is 7.91. The smallest absolute Gasteiger partial charge is 0.240 e. The Morgan fingerprint density at radius 3 is 2.29 bits per heavy atom. The molecule has 0 atom stereocenters. The minimum Gasteiger partial charge on any atom is -0.353 e. The third-order valence-corrected chi connectivity index (χ3v) is 6.66. The lowest BCUT2D eigenvalue weighted by molar-refractivity contribution is -0.135. The number of hydrogen-bond acceptors (Lipinski definition) is 4. The zero-order chi connectivity index (χ0) is 15.3. The van der Waals surface area contributed by atoms with Crippen molar-refractivity contribution in [2.45, 2.75) is 57.4 Å². The maximum atomic E-state index is 12.7. The first-order chi connectivity index (χ1) is 10.0. The number of hydrogen-bond donors (Lipinski definition) is 1. The lowest BCUT2D eigenvalue weighted by Crippen LogP contribution is -2.59. The molecule has 1 saturated carbocycles. The molecule has 1 amide bonds. The Morgan fingerprint density at radius 1 is 1.10 bits per heavy atom. The number of likely N-dealkylation sites (tertiary alicyclic amines) is 1. The second kappa shape index (κ2) is 7.09. The van der Waals surface area contributed by atoms with Gasteiger partial charge in [0, 0.05) is 12.3 Å². The van der Waals surface area contributed by atoms with Gasteiger partial charge in [-0.1, -0.05) is 26.2 Å². The minimum absolute atomic E-state index is 0.0469. The second-order valence-corrected chi connectivity index (χ2v) is 8.75. The van der Waals surface area contributed by atoms with Crippen molar-refractivity contribution < 1.29 is 13.2 Å². The fourth-order valence-electron chi connectivity index (χ4n) is 3.60. The predicted molar refractivity (Wildman–Crippen MR) is 84.0 cm³/mol. The number of nitrogens with one attached hydrogen (secondary N) is 1. The molecule has 1 N–H and O–H groups in total. The maximum absolute atomic E-state index is 12.7. The minimum atomic E-state index is -3.01. The first-order valence-electron chi connectivity index (χ1n) is 8.24. The molecule has 2 aliphatic rings. The van der Waals surface area contributed by atoms with Crippen molar-refractivity contribution in [1.82, 2.24) is 10.2 Å². The molecular formula is C15H28N2O3S. The van der Waals surface area contributed by atoms with Gasteiger partial charge in [0.2, 0.25) is 5.91 Å². The molecule has 2 rings (SSSR count). The molecular weight excluding hydrogens is 288 g/mol. The fraction of sp³-hybridized carbons (Fsp3) is 0.933. The summed E-state index contributed by atoms with van der Waals surface area (Å²) >= 11 is 0. The molecule has 1 aliphatic heterocycles. The topological polar surface area (TPSA) is 66.5 Å². The van der Waals surface area contributed by atoms with E-state index in [4.69, 9.17) is 0 Å². The van der Waals surface area contributed by atoms with Crippen LogP contribution in [-0.4, -0.2) is 55.9 Å². The normalized spacial score (nSPS) is 23.1. The molecule has 122 valence electrons. The highest BCUT2D eigenvalue weighted by Crippen LogP contribution is 2.36. The molecule has 0 radical (unpaired) electrons. The summed E-state index contributed by atoms with van der Waals surface area (Å²) in [6, 6.07) is 0. The molecule has 1 aliphatic carbocycles. The molecule has 0 aromatic rings. The van der Waals surface area contributed by atoms with Gasteiger partial charge in [0.15, 0.2) is 9.84 Å². The van der Waals surface area contributed by atoms with E-state index in [-0.39, 0.29) is 29.5 Å². The van der Waals surface area contributed by atoms with Gasteiger partial charge in [-0.05, 0) is 38.8 Å². The third-order valence-electron chi connectivity index (χ3n) is 4.95. The van der Waals surface area contributed by atoms with E-state index in [0.29, 0.717) is 0 Å². The van der Waals surface area contributed by atoms with E-state index in [1.807, 2.05) is 0 Å². The molecule has 1 heterocycles. The number of sulfone groups is 1. The number of carbonyl (C=O) groups is 1. The highest BCUT2D eigenvalue weighted by atomic mass is 32.2. The summed E-state index contributed by atoms with van der Waals surface area (Å²) in [6.07, 6.45) is 7.55. The first-order valence-corrected chi connectivity index (χ1v) is 10.1. The lowest BCUT2D eigenvalue weighted by Gasteiger charge is -2.43. The Morgan fingerprint density at radius 2 is 1.71 bits per heavy atom. The summed E-state index contributed by atoms with van der Waals surface area (Å²) in [7, 11) is -3.01. The summed E-state index contributed by atoms with van der Waals surface area (Å²) < 4.78 is 23.1. The van der Waals surface area contributed by atoms with Crippen molar-refractivity contribution >= 4 is 15.7 Å². The molecule has 21 heavy (non-hydrogen) atoms. The monoisotopic (exact) mass is 316 g/mol. The van der Waals surface area contributed by atoms with Crippen molar-refractivity contribution in [1.29, 1.82) is 0 Å². The molecule has 6 heteroatoms. The van der Waals surface area contributed by atoms with Crippen LogP contribution in [0.3, 0.4) is 0 Å². The summed E-state index contributed by atoms with van der Waals surface area (Å²) in [5.74, 6) is 0.237. The van der Waals surface area contributed by atoms with E-state index in [0.717, 1.165) is 38.8 Å². The van der Waals surface area contributed by atoms with E-state index >= 15 is 0 Å². The van der Waals surface area contributed by atoms with Gasteiger partial charge in [-0.15, -0.1) is 0 Å². The highest BCUT2D eigenvalue weighted by Gasteiger charge is 2.45. The van der Waals surface area contributed by atoms with Crippen LogP contribution in [0, 0.1) is 0 Å². The Balaban J connectivity index is 1.98. The van der Waals surface area contributed by atoms with Crippen LogP contribution in [0.25, 0.3) is 0 Å². The van der Waals surface area contributed by atoms with Gasteiger partial charge in [0.1, 0.15) is 5.54 Å². The van der Waals surface area contributed by atoms with E-state index in [2.05, 4.69) is 10.2 Å². The SMILES string of the molecule is CCS(=O)(=O)CCNC(=O)C1(N2CCCC2)CCCCC1. The first kappa shape index (κ1) is 16.7. The maximum Gasteiger partial charge on any atom is 0.240 e. The number of amides is 1. The van der Waals surface area contributed by atoms with E-state index in [1.165, 1.54) is 19.3 Å². The van der Waals surface area contributed by atoms with Gasteiger partial charge in [0.05, 0.1) is 5.75 Å². The van der Waals surface area contributed by atoms with Crippen LogP contribution in [0.5, 0.6) is 0 Å². The van der Waals surface area contributed by atoms with Crippen LogP contribution in [0.2, 0.25) is 0 Å². The number of rotatable bonds is 6. The van der Waals surface area contributed by atoms with Crippen LogP contribution >= 0.6 is 0 Å². The summed E-state index contributed by atoms with van der Waals surface area (Å²) in [6.45, 7) is 3.88. The molecule has 0 aromatic heterocycles. The molecule has 5 nitrogen and oxygen atoms in total. The van der Waals surface area contributed by atoms with Crippen LogP contribution in [0.15, 0.2) is 0 Å². The van der Waals surface area contributed by atoms with E-state index < -0.39 is 9.84 Å². The van der Waals surface area contributed by atoms with Crippen molar-refractivity contribution in [2.24, 2.45) is 0 Å². The lowest BCUT2D eigenvalue weighted by atomic mass is 9.79. The van der Waals surface area contributed by atoms with Gasteiger partial charge < -0.3 is 5.32 Å². The summed E-state index contributed by atoms with van der Waals surface area (Å²) in [5.41, 5.74) is -0.370. The van der Waals surface area contributed by atoms with Crippen LogP contribution < -0.4 is 5.32 Å². The van der Waals surface area contributed by atoms with Crippen LogP contribution in [-0.2, 0) is 14.6 Å². The molecule has 0 aromatic carbocycles. The summed E-state index contributed by atoms with van der Waals surface area (Å²) in [4.78, 5) is 15.1. The fourth-order valence-corrected chi connectivity index (χ4v) is 4.30. The Bertz CT molecular complexity index is 450. The number of carbonyl (C=O) groups excluding carboxylic acids is 1. The molecule has 0 bridgehead atoms. The van der Waals surface area contributed by atoms with Gasteiger partial charge in [-0.25, -0.2) is 8.42 Å². The standard InChI is InChI=1S/C15H28N2O3S/c1-2-21(19,20)13-10-16-14(18)15(8-4-3-5-9-15)17-11-6-7-12-17/h2-13H2,1H3,(H,16,18). The zero-order valence-corrected chi connectivity index (χ0v) is 13.9. The second-order valence-electron chi connectivity index (χ2n) is 6.28. The average Bonchev–Trinajstić information content (AvgIpc) is 3.02. The van der Waals surface area contributed by atoms with E-state index in [9.17, 15) is 13.2 Å². The molecule has 0 unspecified atom stereocenters. The largest absolute Gasteiger partial charge is 0.353 e. The van der Waals surface area contributed by atoms with Gasteiger partial charge in [-0.3, -0.25) is 9.69 Å². The van der Waals surface area contributed by atoms with Gasteiger partial charge in [-0.2, -0.15) is 0 Å². The molecule has 0 spiro atoms. The molecule has 1 saturated heterocycles. The van der Waals surface area contributed by atoms with Crippen molar-refractivity contribution in [3.05, 3.63) is 0 Å².